The van der Waals surface area contributed by atoms with E-state index in [1.807, 2.05) is 54.9 Å². The van der Waals surface area contributed by atoms with E-state index in [2.05, 4.69) is 36.6 Å². The minimum atomic E-state index is 0.567. The summed E-state index contributed by atoms with van der Waals surface area (Å²) in [7, 11) is 0. The first kappa shape index (κ1) is 15.1. The van der Waals surface area contributed by atoms with Crippen molar-refractivity contribution in [1.29, 1.82) is 0 Å². The average molecular weight is 330 g/mol. The number of nitrogens with zero attached hydrogens (tertiary/aromatic N) is 3. The van der Waals surface area contributed by atoms with E-state index in [1.54, 1.807) is 6.20 Å². The molecule has 3 aromatic heterocycles. The Balaban J connectivity index is 1.40. The molecule has 4 rings (SSSR count). The summed E-state index contributed by atoms with van der Waals surface area (Å²) in [4.78, 5) is 16.3. The molecule has 3 heterocycles. The van der Waals surface area contributed by atoms with Crippen molar-refractivity contribution in [3.8, 4) is 0 Å². The lowest BCUT2D eigenvalue weighted by Gasteiger charge is -2.08. The number of hydrogen-bond acceptors (Lipinski definition) is 5. The second kappa shape index (κ2) is 7.00. The predicted molar refractivity (Wildman–Crippen MR) is 100 cm³/mol. The minimum Gasteiger partial charge on any atom is -0.370 e. The molecular formula is C19H18N6. The SMILES string of the molecule is c1ccc(CCNc2ccnc(Nc3ccc4[nH]ccc4c3)n2)nc1. The highest BCUT2D eigenvalue weighted by Gasteiger charge is 2.02. The Labute approximate surface area is 145 Å². The highest BCUT2D eigenvalue weighted by molar-refractivity contribution is 5.83. The Bertz CT molecular complexity index is 964. The Morgan fingerprint density at radius 3 is 2.88 bits per heavy atom. The lowest BCUT2D eigenvalue weighted by atomic mass is 10.2. The van der Waals surface area contributed by atoms with Crippen LogP contribution >= 0.6 is 0 Å². The number of aromatic amines is 1. The van der Waals surface area contributed by atoms with Gasteiger partial charge in [-0.1, -0.05) is 6.07 Å². The van der Waals surface area contributed by atoms with E-state index in [9.17, 15) is 0 Å². The molecule has 0 aliphatic rings. The number of nitrogens with one attached hydrogen (secondary N) is 3. The molecule has 0 fully saturated rings. The molecule has 0 saturated heterocycles. The fourth-order valence-electron chi connectivity index (χ4n) is 2.64. The molecule has 1 aromatic carbocycles. The molecule has 0 amide bonds. The van der Waals surface area contributed by atoms with Gasteiger partial charge in [0.25, 0.3) is 0 Å². The molecule has 0 radical (unpaired) electrons. The van der Waals surface area contributed by atoms with Crippen molar-refractivity contribution < 1.29 is 0 Å². The first-order valence-corrected chi connectivity index (χ1v) is 8.18. The van der Waals surface area contributed by atoms with E-state index in [1.165, 1.54) is 0 Å². The van der Waals surface area contributed by atoms with Crippen LogP contribution in [0.25, 0.3) is 10.9 Å². The van der Waals surface area contributed by atoms with Crippen LogP contribution in [-0.4, -0.2) is 26.5 Å². The molecule has 124 valence electrons. The van der Waals surface area contributed by atoms with Crippen molar-refractivity contribution in [2.45, 2.75) is 6.42 Å². The summed E-state index contributed by atoms with van der Waals surface area (Å²) in [6.07, 6.45) is 6.32. The molecule has 0 aliphatic carbocycles. The zero-order valence-corrected chi connectivity index (χ0v) is 13.6. The van der Waals surface area contributed by atoms with Crippen molar-refractivity contribution >= 4 is 28.4 Å². The van der Waals surface area contributed by atoms with Crippen LogP contribution in [0.4, 0.5) is 17.5 Å². The molecular weight excluding hydrogens is 312 g/mol. The van der Waals surface area contributed by atoms with Gasteiger partial charge in [-0.25, -0.2) is 4.98 Å². The molecule has 0 saturated carbocycles. The van der Waals surface area contributed by atoms with Gasteiger partial charge in [-0.15, -0.1) is 0 Å². The molecule has 0 unspecified atom stereocenters. The highest BCUT2D eigenvalue weighted by atomic mass is 15.1. The van der Waals surface area contributed by atoms with Gasteiger partial charge in [0.05, 0.1) is 0 Å². The number of pyridine rings is 1. The number of anilines is 3. The summed E-state index contributed by atoms with van der Waals surface area (Å²) in [6, 6.07) is 15.9. The Hall–Kier alpha value is -3.41. The molecule has 6 heteroatoms. The maximum absolute atomic E-state index is 4.51. The number of hydrogen-bond donors (Lipinski definition) is 3. The average Bonchev–Trinajstić information content (AvgIpc) is 3.11. The fourth-order valence-corrected chi connectivity index (χ4v) is 2.64. The fraction of sp³-hybridized carbons (Fsp3) is 0.105. The summed E-state index contributed by atoms with van der Waals surface area (Å²) >= 11 is 0. The number of benzene rings is 1. The van der Waals surface area contributed by atoms with Crippen LogP contribution in [0.1, 0.15) is 5.69 Å². The smallest absolute Gasteiger partial charge is 0.229 e. The van der Waals surface area contributed by atoms with Gasteiger partial charge >= 0.3 is 0 Å². The van der Waals surface area contributed by atoms with Crippen LogP contribution in [0.3, 0.4) is 0 Å². The second-order valence-electron chi connectivity index (χ2n) is 5.67. The van der Waals surface area contributed by atoms with Gasteiger partial charge in [0, 0.05) is 53.8 Å². The Morgan fingerprint density at radius 1 is 0.960 bits per heavy atom. The van der Waals surface area contributed by atoms with Gasteiger partial charge in [0.2, 0.25) is 5.95 Å². The number of H-pyrrole nitrogens is 1. The molecule has 0 bridgehead atoms. The number of aromatic nitrogens is 4. The quantitative estimate of drug-likeness (QED) is 0.502. The maximum atomic E-state index is 4.51. The summed E-state index contributed by atoms with van der Waals surface area (Å²) < 4.78 is 0. The Kier molecular flexibility index (Phi) is 4.24. The molecule has 0 atom stereocenters. The van der Waals surface area contributed by atoms with Crippen LogP contribution < -0.4 is 10.6 Å². The van der Waals surface area contributed by atoms with E-state index in [-0.39, 0.29) is 0 Å². The molecule has 6 nitrogen and oxygen atoms in total. The van der Waals surface area contributed by atoms with E-state index in [0.717, 1.165) is 41.1 Å². The van der Waals surface area contributed by atoms with Crippen molar-refractivity contribution in [2.24, 2.45) is 0 Å². The monoisotopic (exact) mass is 330 g/mol. The van der Waals surface area contributed by atoms with Crippen LogP contribution in [0.5, 0.6) is 0 Å². The van der Waals surface area contributed by atoms with Gasteiger partial charge in [-0.3, -0.25) is 4.98 Å². The normalized spacial score (nSPS) is 10.7. The topological polar surface area (TPSA) is 78.5 Å². The van der Waals surface area contributed by atoms with Gasteiger partial charge in [0.1, 0.15) is 5.82 Å². The van der Waals surface area contributed by atoms with Crippen molar-refractivity contribution in [1.82, 2.24) is 19.9 Å². The van der Waals surface area contributed by atoms with Crippen LogP contribution in [0.15, 0.2) is 67.1 Å². The van der Waals surface area contributed by atoms with Crippen LogP contribution in [0.2, 0.25) is 0 Å². The third-order valence-corrected chi connectivity index (χ3v) is 3.88. The maximum Gasteiger partial charge on any atom is 0.229 e. The zero-order chi connectivity index (χ0) is 16.9. The highest BCUT2D eigenvalue weighted by Crippen LogP contribution is 2.20. The first-order chi connectivity index (χ1) is 12.4. The van der Waals surface area contributed by atoms with E-state index in [0.29, 0.717) is 5.95 Å². The standard InChI is InChI=1S/C19H18N6/c1-2-9-20-15(3-1)7-11-22-18-8-12-23-19(25-18)24-16-4-5-17-14(13-16)6-10-21-17/h1-6,8-10,12-13,21H,7,11H2,(H2,22,23,24,25). The summed E-state index contributed by atoms with van der Waals surface area (Å²) in [5, 5.41) is 7.70. The van der Waals surface area contributed by atoms with Gasteiger partial charge in [0.15, 0.2) is 0 Å². The molecule has 0 spiro atoms. The minimum absolute atomic E-state index is 0.567. The lowest BCUT2D eigenvalue weighted by molar-refractivity contribution is 0.951. The van der Waals surface area contributed by atoms with Crippen molar-refractivity contribution in [3.63, 3.8) is 0 Å². The van der Waals surface area contributed by atoms with Crippen molar-refractivity contribution in [2.75, 3.05) is 17.2 Å². The summed E-state index contributed by atoms with van der Waals surface area (Å²) in [6.45, 7) is 0.767. The van der Waals surface area contributed by atoms with E-state index < -0.39 is 0 Å². The molecule has 25 heavy (non-hydrogen) atoms. The van der Waals surface area contributed by atoms with Crippen LogP contribution in [0, 0.1) is 0 Å². The predicted octanol–water partition coefficient (Wildman–Crippen LogP) is 3.75. The van der Waals surface area contributed by atoms with Gasteiger partial charge < -0.3 is 15.6 Å². The molecule has 3 N–H and O–H groups in total. The number of fused-ring (bicyclic) bond motifs is 1. The third-order valence-electron chi connectivity index (χ3n) is 3.88. The summed E-state index contributed by atoms with van der Waals surface area (Å²) in [5.74, 6) is 1.36. The third kappa shape index (κ3) is 3.74. The lowest BCUT2D eigenvalue weighted by Crippen LogP contribution is -2.08. The molecule has 0 aliphatic heterocycles. The number of rotatable bonds is 6. The van der Waals surface area contributed by atoms with Crippen LogP contribution in [-0.2, 0) is 6.42 Å². The Morgan fingerprint density at radius 2 is 1.96 bits per heavy atom. The van der Waals surface area contributed by atoms with Gasteiger partial charge in [-0.2, -0.15) is 4.98 Å². The van der Waals surface area contributed by atoms with Crippen molar-refractivity contribution in [3.05, 3.63) is 72.8 Å². The zero-order valence-electron chi connectivity index (χ0n) is 13.6. The van der Waals surface area contributed by atoms with E-state index >= 15 is 0 Å². The molecule has 4 aromatic rings. The largest absolute Gasteiger partial charge is 0.370 e. The summed E-state index contributed by atoms with van der Waals surface area (Å²) in [5.41, 5.74) is 3.12. The second-order valence-corrected chi connectivity index (χ2v) is 5.67. The first-order valence-electron chi connectivity index (χ1n) is 8.18. The van der Waals surface area contributed by atoms with E-state index in [4.69, 9.17) is 0 Å². The van der Waals surface area contributed by atoms with Gasteiger partial charge in [-0.05, 0) is 42.5 Å².